The number of hydrogen-bond donors (Lipinski definition) is 1. The molecule has 0 unspecified atom stereocenters. The first-order valence-electron chi connectivity index (χ1n) is 17.6. The molecule has 3 aromatic heterocycles. The molecule has 1 aliphatic heterocycles. The van der Waals surface area contributed by atoms with Gasteiger partial charge in [-0.2, -0.15) is 0 Å². The summed E-state index contributed by atoms with van der Waals surface area (Å²) in [5, 5.41) is 10.5. The standard InChI is InChI=1S/C47H29BN2/c1-26-19-36(34-18-10-17-33-35-20-29-15-8-9-16-30(29)25-41(35)49-44(33)34)43-47-42(26)39-23-31(27-11-4-2-5-12-27)21-37-38-22-32(28-13-6-3-7-14-28)24-40(48-43)46(38)50(47)45(37)39/h2-25,48-49H,1H3. The maximum atomic E-state index is 3.89. The largest absolute Gasteiger partial charge is 0.354 e. The van der Waals surface area contributed by atoms with Crippen LogP contribution in [0, 0.1) is 6.92 Å². The normalized spacial score (nSPS) is 12.7. The highest BCUT2D eigenvalue weighted by Gasteiger charge is 2.30. The van der Waals surface area contributed by atoms with E-state index in [0.29, 0.717) is 0 Å². The summed E-state index contributed by atoms with van der Waals surface area (Å²) in [6.45, 7) is 2.32. The minimum absolute atomic E-state index is 0.890. The van der Waals surface area contributed by atoms with Crippen LogP contribution in [0.5, 0.6) is 0 Å². The van der Waals surface area contributed by atoms with E-state index in [1.54, 1.807) is 0 Å². The van der Waals surface area contributed by atoms with Crippen molar-refractivity contribution in [2.24, 2.45) is 0 Å². The van der Waals surface area contributed by atoms with Crippen molar-refractivity contribution in [3.63, 3.8) is 0 Å². The van der Waals surface area contributed by atoms with Crippen molar-refractivity contribution in [3.8, 4) is 33.4 Å². The van der Waals surface area contributed by atoms with Crippen molar-refractivity contribution in [2.45, 2.75) is 6.92 Å². The molecule has 0 aliphatic carbocycles. The number of aryl methyl sites for hydroxylation is 1. The van der Waals surface area contributed by atoms with E-state index in [-0.39, 0.29) is 0 Å². The van der Waals surface area contributed by atoms with E-state index in [9.17, 15) is 0 Å². The third kappa shape index (κ3) is 3.39. The van der Waals surface area contributed by atoms with E-state index < -0.39 is 0 Å². The lowest BCUT2D eigenvalue weighted by atomic mass is 9.59. The molecule has 0 radical (unpaired) electrons. The van der Waals surface area contributed by atoms with Crippen LogP contribution in [0.25, 0.3) is 104 Å². The minimum atomic E-state index is 0.890. The fraction of sp³-hybridized carbons (Fsp3) is 0.0213. The molecule has 8 aromatic carbocycles. The van der Waals surface area contributed by atoms with Crippen LogP contribution < -0.4 is 10.9 Å². The van der Waals surface area contributed by atoms with Gasteiger partial charge in [-0.3, -0.25) is 0 Å². The first-order chi connectivity index (χ1) is 24.7. The molecule has 50 heavy (non-hydrogen) atoms. The maximum Gasteiger partial charge on any atom is 0.198 e. The fourth-order valence-corrected chi connectivity index (χ4v) is 9.37. The Morgan fingerprint density at radius 1 is 0.480 bits per heavy atom. The highest BCUT2D eigenvalue weighted by molar-refractivity contribution is 6.75. The van der Waals surface area contributed by atoms with Crippen LogP contribution in [-0.4, -0.2) is 16.7 Å². The van der Waals surface area contributed by atoms with Crippen molar-refractivity contribution >= 4 is 88.9 Å². The van der Waals surface area contributed by atoms with Gasteiger partial charge >= 0.3 is 0 Å². The number of aromatic nitrogens is 2. The highest BCUT2D eigenvalue weighted by Crippen LogP contribution is 2.45. The summed E-state index contributed by atoms with van der Waals surface area (Å²) in [4.78, 5) is 3.89. The minimum Gasteiger partial charge on any atom is -0.354 e. The van der Waals surface area contributed by atoms with E-state index >= 15 is 0 Å². The van der Waals surface area contributed by atoms with Crippen molar-refractivity contribution in [1.82, 2.24) is 9.38 Å². The third-order valence-corrected chi connectivity index (χ3v) is 11.5. The SMILES string of the molecule is Cc1cc(-c2cccc3c2[nH]c2cc4ccccc4cc23)c2c3c1c1cc(-c4ccccc4)cc4c5cc(-c6ccccc6)cc(c5n3c41)B2. The lowest BCUT2D eigenvalue weighted by Gasteiger charge is -2.20. The van der Waals surface area contributed by atoms with E-state index in [4.69, 9.17) is 0 Å². The second-order valence-corrected chi connectivity index (χ2v) is 14.2. The van der Waals surface area contributed by atoms with Gasteiger partial charge in [0.25, 0.3) is 0 Å². The molecule has 0 saturated carbocycles. The van der Waals surface area contributed by atoms with Gasteiger partial charge in [-0.05, 0) is 86.9 Å². The fourth-order valence-electron chi connectivity index (χ4n) is 9.37. The van der Waals surface area contributed by atoms with Crippen LogP contribution in [0.3, 0.4) is 0 Å². The third-order valence-electron chi connectivity index (χ3n) is 11.5. The van der Waals surface area contributed by atoms with Crippen LogP contribution in [0.2, 0.25) is 0 Å². The predicted molar refractivity (Wildman–Crippen MR) is 215 cm³/mol. The lowest BCUT2D eigenvalue weighted by Crippen LogP contribution is -2.34. The summed E-state index contributed by atoms with van der Waals surface area (Å²) >= 11 is 0. The van der Waals surface area contributed by atoms with Gasteiger partial charge in [0.2, 0.25) is 0 Å². The van der Waals surface area contributed by atoms with Crippen LogP contribution >= 0.6 is 0 Å². The Morgan fingerprint density at radius 3 is 1.90 bits per heavy atom. The molecule has 0 spiro atoms. The zero-order valence-corrected chi connectivity index (χ0v) is 27.5. The number of benzene rings is 8. The molecule has 0 atom stereocenters. The van der Waals surface area contributed by atoms with E-state index in [1.165, 1.54) is 121 Å². The Labute approximate surface area is 288 Å². The number of para-hydroxylation sites is 1. The molecule has 1 aliphatic rings. The Kier molecular flexibility index (Phi) is 5.02. The van der Waals surface area contributed by atoms with Gasteiger partial charge in [0.05, 0.1) is 11.0 Å². The summed E-state index contributed by atoms with van der Waals surface area (Å²) in [5.74, 6) is 0. The molecule has 0 fully saturated rings. The Bertz CT molecular complexity index is 3220. The molecular weight excluding hydrogens is 603 g/mol. The quantitative estimate of drug-likeness (QED) is 0.187. The molecule has 12 rings (SSSR count). The van der Waals surface area contributed by atoms with Crippen molar-refractivity contribution in [2.75, 3.05) is 0 Å². The van der Waals surface area contributed by atoms with E-state index in [2.05, 4.69) is 162 Å². The Morgan fingerprint density at radius 2 is 1.14 bits per heavy atom. The zero-order valence-electron chi connectivity index (χ0n) is 27.5. The van der Waals surface area contributed by atoms with Gasteiger partial charge in [0.1, 0.15) is 0 Å². The zero-order chi connectivity index (χ0) is 32.7. The van der Waals surface area contributed by atoms with Gasteiger partial charge in [-0.25, -0.2) is 0 Å². The maximum absolute atomic E-state index is 3.89. The summed E-state index contributed by atoms with van der Waals surface area (Å²) in [6, 6.07) is 54.2. The summed E-state index contributed by atoms with van der Waals surface area (Å²) in [6.07, 6.45) is 0. The van der Waals surface area contributed by atoms with E-state index in [0.717, 1.165) is 7.28 Å². The Hall–Kier alpha value is -6.32. The number of nitrogens with zero attached hydrogens (tertiary/aromatic N) is 1. The first-order valence-corrected chi connectivity index (χ1v) is 17.6. The van der Waals surface area contributed by atoms with Gasteiger partial charge in [0, 0.05) is 54.4 Å². The molecule has 0 bridgehead atoms. The molecule has 0 amide bonds. The number of H-pyrrole nitrogens is 1. The highest BCUT2D eigenvalue weighted by atomic mass is 14.9. The average Bonchev–Trinajstić information content (AvgIpc) is 3.82. The molecule has 2 nitrogen and oxygen atoms in total. The molecule has 230 valence electrons. The molecule has 1 N–H and O–H groups in total. The second-order valence-electron chi connectivity index (χ2n) is 14.2. The number of fused-ring (bicyclic) bond motifs is 6. The van der Waals surface area contributed by atoms with Gasteiger partial charge in [0.15, 0.2) is 7.28 Å². The van der Waals surface area contributed by atoms with Gasteiger partial charge in [-0.15, -0.1) is 0 Å². The number of aromatic amines is 1. The predicted octanol–water partition coefficient (Wildman–Crippen LogP) is 10.6. The van der Waals surface area contributed by atoms with Crippen LogP contribution in [0.1, 0.15) is 5.56 Å². The van der Waals surface area contributed by atoms with Gasteiger partial charge < -0.3 is 9.38 Å². The van der Waals surface area contributed by atoms with Crippen LogP contribution in [0.4, 0.5) is 0 Å². The van der Waals surface area contributed by atoms with Crippen molar-refractivity contribution in [1.29, 1.82) is 0 Å². The van der Waals surface area contributed by atoms with E-state index in [1.807, 2.05) is 0 Å². The van der Waals surface area contributed by atoms with Crippen LogP contribution in [0.15, 0.2) is 146 Å². The smallest absolute Gasteiger partial charge is 0.198 e. The molecule has 4 heterocycles. The Balaban J connectivity index is 1.22. The first kappa shape index (κ1) is 26.6. The van der Waals surface area contributed by atoms with Crippen molar-refractivity contribution in [3.05, 3.63) is 151 Å². The number of rotatable bonds is 3. The summed E-state index contributed by atoms with van der Waals surface area (Å²) in [5.41, 5.74) is 18.3. The van der Waals surface area contributed by atoms with Crippen LogP contribution in [-0.2, 0) is 0 Å². The molecule has 0 saturated heterocycles. The summed E-state index contributed by atoms with van der Waals surface area (Å²) in [7, 11) is 0.890. The lowest BCUT2D eigenvalue weighted by molar-refractivity contribution is 1.37. The number of hydrogen-bond acceptors (Lipinski definition) is 0. The average molecular weight is 633 g/mol. The summed E-state index contributed by atoms with van der Waals surface area (Å²) < 4.78 is 2.63. The number of nitrogens with one attached hydrogen (secondary N) is 1. The molecular formula is C47H29BN2. The molecule has 11 aromatic rings. The monoisotopic (exact) mass is 632 g/mol. The molecule has 3 heteroatoms. The topological polar surface area (TPSA) is 20.2 Å². The second kappa shape index (κ2) is 9.43. The van der Waals surface area contributed by atoms with Crippen molar-refractivity contribution < 1.29 is 0 Å². The van der Waals surface area contributed by atoms with Gasteiger partial charge in [-0.1, -0.05) is 121 Å².